The first-order valence-electron chi connectivity index (χ1n) is 3.94. The molecule has 0 spiro atoms. The fraction of sp³-hybridized carbons (Fsp3) is 0.857. The van der Waals surface area contributed by atoms with E-state index in [1.807, 2.05) is 0 Å². The minimum absolute atomic E-state index is 0.0819. The van der Waals surface area contributed by atoms with E-state index < -0.39 is 0 Å². The zero-order chi connectivity index (χ0) is 8.10. The van der Waals surface area contributed by atoms with Gasteiger partial charge in [-0.1, -0.05) is 0 Å². The highest BCUT2D eigenvalue weighted by molar-refractivity contribution is 5.76. The van der Waals surface area contributed by atoms with Crippen molar-refractivity contribution < 1.29 is 9.53 Å². The summed E-state index contributed by atoms with van der Waals surface area (Å²) in [4.78, 5) is 11.1. The largest absolute Gasteiger partial charge is 0.463 e. The molecule has 1 atom stereocenters. The van der Waals surface area contributed by atoms with Gasteiger partial charge in [0.1, 0.15) is 12.6 Å². The van der Waals surface area contributed by atoms with Gasteiger partial charge in [0.25, 0.3) is 0 Å². The average molecular weight is 158 g/mol. The van der Waals surface area contributed by atoms with Crippen molar-refractivity contribution in [1.82, 2.24) is 5.32 Å². The van der Waals surface area contributed by atoms with Crippen molar-refractivity contribution in [2.45, 2.75) is 18.9 Å². The highest BCUT2D eigenvalue weighted by Gasteiger charge is 2.22. The lowest BCUT2D eigenvalue weighted by Crippen LogP contribution is -2.33. The smallest absolute Gasteiger partial charge is 0.323 e. The summed E-state index contributed by atoms with van der Waals surface area (Å²) in [6, 6.07) is -0.0819. The molecular formula is C7H14N2O2. The van der Waals surface area contributed by atoms with Crippen molar-refractivity contribution in [3.8, 4) is 0 Å². The molecule has 64 valence electrons. The Morgan fingerprint density at radius 1 is 1.73 bits per heavy atom. The van der Waals surface area contributed by atoms with Crippen LogP contribution in [0.25, 0.3) is 0 Å². The Balaban J connectivity index is 2.17. The molecule has 0 bridgehead atoms. The third kappa shape index (κ3) is 2.48. The summed E-state index contributed by atoms with van der Waals surface area (Å²) in [7, 11) is 0. The number of nitrogens with one attached hydrogen (secondary N) is 1. The second kappa shape index (κ2) is 4.31. The topological polar surface area (TPSA) is 64.3 Å². The number of carbonyl (C=O) groups excluding carboxylic acids is 1. The van der Waals surface area contributed by atoms with Crippen molar-refractivity contribution in [3.63, 3.8) is 0 Å². The SMILES string of the molecule is NCCOC(=O)C1CCCN1. The van der Waals surface area contributed by atoms with Crippen molar-refractivity contribution in [2.75, 3.05) is 19.7 Å². The Bertz CT molecular complexity index is 132. The number of rotatable bonds is 3. The van der Waals surface area contributed by atoms with Crippen LogP contribution in [0.2, 0.25) is 0 Å². The van der Waals surface area contributed by atoms with Gasteiger partial charge in [0.15, 0.2) is 0 Å². The molecule has 0 aromatic carbocycles. The zero-order valence-corrected chi connectivity index (χ0v) is 6.51. The summed E-state index contributed by atoms with van der Waals surface area (Å²) >= 11 is 0. The minimum Gasteiger partial charge on any atom is -0.463 e. The van der Waals surface area contributed by atoms with Gasteiger partial charge >= 0.3 is 5.97 Å². The van der Waals surface area contributed by atoms with Crippen LogP contribution in [0.5, 0.6) is 0 Å². The molecule has 0 saturated carbocycles. The third-order valence-corrected chi connectivity index (χ3v) is 1.71. The lowest BCUT2D eigenvalue weighted by atomic mass is 10.2. The van der Waals surface area contributed by atoms with Gasteiger partial charge in [-0.3, -0.25) is 4.79 Å². The molecule has 1 aliphatic rings. The summed E-state index contributed by atoms with van der Waals surface area (Å²) < 4.78 is 4.85. The minimum atomic E-state index is -0.159. The average Bonchev–Trinajstić information content (AvgIpc) is 2.52. The van der Waals surface area contributed by atoms with E-state index >= 15 is 0 Å². The second-order valence-corrected chi connectivity index (χ2v) is 2.61. The van der Waals surface area contributed by atoms with E-state index in [1.54, 1.807) is 0 Å². The van der Waals surface area contributed by atoms with E-state index in [0.717, 1.165) is 19.4 Å². The normalized spacial score (nSPS) is 23.5. The highest BCUT2D eigenvalue weighted by atomic mass is 16.5. The summed E-state index contributed by atoms with van der Waals surface area (Å²) in [5, 5.41) is 3.05. The van der Waals surface area contributed by atoms with E-state index in [-0.39, 0.29) is 12.0 Å². The van der Waals surface area contributed by atoms with Gasteiger partial charge in [0, 0.05) is 6.54 Å². The molecule has 0 aromatic rings. The predicted molar refractivity (Wildman–Crippen MR) is 41.0 cm³/mol. The van der Waals surface area contributed by atoms with Gasteiger partial charge in [0.2, 0.25) is 0 Å². The van der Waals surface area contributed by atoms with Gasteiger partial charge in [-0.2, -0.15) is 0 Å². The zero-order valence-electron chi connectivity index (χ0n) is 6.51. The second-order valence-electron chi connectivity index (χ2n) is 2.61. The molecular weight excluding hydrogens is 144 g/mol. The van der Waals surface area contributed by atoms with E-state index in [4.69, 9.17) is 10.5 Å². The van der Waals surface area contributed by atoms with Gasteiger partial charge in [-0.25, -0.2) is 0 Å². The van der Waals surface area contributed by atoms with Crippen LogP contribution in [0.3, 0.4) is 0 Å². The van der Waals surface area contributed by atoms with Gasteiger partial charge in [-0.15, -0.1) is 0 Å². The van der Waals surface area contributed by atoms with Gasteiger partial charge < -0.3 is 15.8 Å². The van der Waals surface area contributed by atoms with Gasteiger partial charge in [-0.05, 0) is 19.4 Å². The summed E-state index contributed by atoms with van der Waals surface area (Å²) in [5.74, 6) is -0.159. The first kappa shape index (κ1) is 8.49. The van der Waals surface area contributed by atoms with Crippen LogP contribution in [0.15, 0.2) is 0 Å². The first-order chi connectivity index (χ1) is 5.34. The Hall–Kier alpha value is -0.610. The summed E-state index contributed by atoms with van der Waals surface area (Å²) in [6.07, 6.45) is 1.95. The van der Waals surface area contributed by atoms with Crippen LogP contribution >= 0.6 is 0 Å². The maximum atomic E-state index is 11.1. The molecule has 1 fully saturated rings. The molecule has 3 N–H and O–H groups in total. The third-order valence-electron chi connectivity index (χ3n) is 1.71. The number of nitrogens with two attached hydrogens (primary N) is 1. The van der Waals surface area contributed by atoms with Crippen LogP contribution in [0, 0.1) is 0 Å². The fourth-order valence-electron chi connectivity index (χ4n) is 1.15. The molecule has 0 aromatic heterocycles. The molecule has 1 unspecified atom stereocenters. The number of hydrogen-bond acceptors (Lipinski definition) is 4. The Kier molecular flexibility index (Phi) is 3.32. The van der Waals surface area contributed by atoms with Crippen molar-refractivity contribution in [3.05, 3.63) is 0 Å². The first-order valence-corrected chi connectivity index (χ1v) is 3.94. The summed E-state index contributed by atoms with van der Waals surface area (Å²) in [6.45, 7) is 1.65. The molecule has 11 heavy (non-hydrogen) atoms. The lowest BCUT2D eigenvalue weighted by molar-refractivity contribution is -0.145. The van der Waals surface area contributed by atoms with Crippen molar-refractivity contribution in [2.24, 2.45) is 5.73 Å². The monoisotopic (exact) mass is 158 g/mol. The lowest BCUT2D eigenvalue weighted by Gasteiger charge is -2.08. The van der Waals surface area contributed by atoms with E-state index in [2.05, 4.69) is 5.32 Å². The van der Waals surface area contributed by atoms with Crippen molar-refractivity contribution in [1.29, 1.82) is 0 Å². The van der Waals surface area contributed by atoms with E-state index in [1.165, 1.54) is 0 Å². The number of ether oxygens (including phenoxy) is 1. The maximum Gasteiger partial charge on any atom is 0.323 e. The number of hydrogen-bond donors (Lipinski definition) is 2. The molecule has 1 rings (SSSR count). The molecule has 0 aliphatic carbocycles. The Morgan fingerprint density at radius 2 is 2.55 bits per heavy atom. The summed E-state index contributed by atoms with van der Waals surface area (Å²) in [5.41, 5.74) is 5.18. The quantitative estimate of drug-likeness (QED) is 0.530. The molecule has 4 heteroatoms. The molecule has 0 radical (unpaired) electrons. The molecule has 1 heterocycles. The van der Waals surface area contributed by atoms with Crippen LogP contribution < -0.4 is 11.1 Å². The predicted octanol–water partition coefficient (Wildman–Crippen LogP) is -0.760. The molecule has 1 saturated heterocycles. The number of carbonyl (C=O) groups is 1. The van der Waals surface area contributed by atoms with E-state index in [0.29, 0.717) is 13.2 Å². The Morgan fingerprint density at radius 3 is 3.09 bits per heavy atom. The highest BCUT2D eigenvalue weighted by Crippen LogP contribution is 2.05. The van der Waals surface area contributed by atoms with Crippen molar-refractivity contribution >= 4 is 5.97 Å². The maximum absolute atomic E-state index is 11.1. The van der Waals surface area contributed by atoms with Gasteiger partial charge in [0.05, 0.1) is 0 Å². The van der Waals surface area contributed by atoms with Crippen LogP contribution in [0.1, 0.15) is 12.8 Å². The Labute approximate surface area is 66.1 Å². The van der Waals surface area contributed by atoms with E-state index in [9.17, 15) is 4.79 Å². The standard InChI is InChI=1S/C7H14N2O2/c8-3-5-11-7(10)6-2-1-4-9-6/h6,9H,1-5,8H2. The fourth-order valence-corrected chi connectivity index (χ4v) is 1.15. The van der Waals surface area contributed by atoms with Crippen LogP contribution in [0.4, 0.5) is 0 Å². The van der Waals surface area contributed by atoms with Crippen LogP contribution in [-0.4, -0.2) is 31.7 Å². The molecule has 0 amide bonds. The van der Waals surface area contributed by atoms with Crippen LogP contribution in [-0.2, 0) is 9.53 Å². The molecule has 4 nitrogen and oxygen atoms in total. The number of esters is 1. The molecule has 1 aliphatic heterocycles.